The average molecular weight is 348 g/mol. The molecule has 0 bridgehead atoms. The van der Waals surface area contributed by atoms with Gasteiger partial charge in [0.2, 0.25) is 0 Å². The Balaban J connectivity index is 1.67. The van der Waals surface area contributed by atoms with Crippen LogP contribution in [-0.4, -0.2) is 67.7 Å². The lowest BCUT2D eigenvalue weighted by atomic mass is 10.00. The van der Waals surface area contributed by atoms with Crippen LogP contribution in [0.1, 0.15) is 26.3 Å². The Morgan fingerprint density at radius 2 is 2.08 bits per heavy atom. The molecule has 0 radical (unpaired) electrons. The van der Waals surface area contributed by atoms with E-state index in [1.807, 2.05) is 31.2 Å². The van der Waals surface area contributed by atoms with E-state index < -0.39 is 0 Å². The van der Waals surface area contributed by atoms with E-state index in [-0.39, 0.29) is 11.6 Å². The van der Waals surface area contributed by atoms with Gasteiger partial charge in [-0.2, -0.15) is 0 Å². The van der Waals surface area contributed by atoms with Gasteiger partial charge < -0.3 is 15.4 Å². The average Bonchev–Trinajstić information content (AvgIpc) is 2.57. The van der Waals surface area contributed by atoms with Crippen LogP contribution in [0.2, 0.25) is 0 Å². The highest BCUT2D eigenvalue weighted by Gasteiger charge is 2.30. The van der Waals surface area contributed by atoms with Crippen LogP contribution in [0, 0.1) is 0 Å². The largest absolute Gasteiger partial charge is 0.494 e. The van der Waals surface area contributed by atoms with Crippen molar-refractivity contribution < 1.29 is 9.53 Å². The number of carbonyl (C=O) groups excluding carboxylic acids is 1. The fourth-order valence-corrected chi connectivity index (χ4v) is 3.02. The lowest BCUT2D eigenvalue weighted by Gasteiger charge is -2.45. The normalized spacial score (nSPS) is 17.9. The molecule has 0 unspecified atom stereocenters. The van der Waals surface area contributed by atoms with Crippen molar-refractivity contribution in [2.24, 2.45) is 0 Å². The zero-order chi connectivity index (χ0) is 18.3. The standard InChI is InChI=1S/C19H32N4O2/c1-5-25-17-8-6-7-16(13-17)14-21-18(24)20-9-10-23-12-11-22(4)19(2,3)15-23/h6-8,13H,5,9-12,14-15H2,1-4H3,(H2,20,21,24). The first-order valence-electron chi connectivity index (χ1n) is 9.08. The molecule has 1 aromatic carbocycles. The summed E-state index contributed by atoms with van der Waals surface area (Å²) in [4.78, 5) is 16.8. The fraction of sp³-hybridized carbons (Fsp3) is 0.632. The molecule has 2 rings (SSSR count). The smallest absolute Gasteiger partial charge is 0.315 e. The van der Waals surface area contributed by atoms with Gasteiger partial charge in [0.05, 0.1) is 6.61 Å². The van der Waals surface area contributed by atoms with E-state index in [0.717, 1.165) is 37.5 Å². The number of nitrogens with zero attached hydrogens (tertiary/aromatic N) is 2. The number of hydrogen-bond acceptors (Lipinski definition) is 4. The van der Waals surface area contributed by atoms with E-state index in [9.17, 15) is 4.79 Å². The molecule has 140 valence electrons. The maximum atomic E-state index is 12.0. The minimum atomic E-state index is -0.129. The molecular formula is C19H32N4O2. The summed E-state index contributed by atoms with van der Waals surface area (Å²) < 4.78 is 5.47. The Kier molecular flexibility index (Phi) is 7.08. The quantitative estimate of drug-likeness (QED) is 0.790. The number of nitrogens with one attached hydrogen (secondary N) is 2. The summed E-state index contributed by atoms with van der Waals surface area (Å²) >= 11 is 0. The van der Waals surface area contributed by atoms with Gasteiger partial charge in [-0.15, -0.1) is 0 Å². The highest BCUT2D eigenvalue weighted by molar-refractivity contribution is 5.73. The van der Waals surface area contributed by atoms with Crippen LogP contribution in [-0.2, 0) is 6.54 Å². The molecule has 1 aliphatic heterocycles. The van der Waals surface area contributed by atoms with Gasteiger partial charge in [0.25, 0.3) is 0 Å². The zero-order valence-electron chi connectivity index (χ0n) is 16.0. The molecule has 1 aromatic rings. The molecule has 1 fully saturated rings. The van der Waals surface area contributed by atoms with E-state index >= 15 is 0 Å². The molecule has 2 N–H and O–H groups in total. The van der Waals surface area contributed by atoms with E-state index in [2.05, 4.69) is 41.3 Å². The van der Waals surface area contributed by atoms with Gasteiger partial charge in [-0.05, 0) is 45.5 Å². The fourth-order valence-electron chi connectivity index (χ4n) is 3.02. The first-order chi connectivity index (χ1) is 11.9. The molecule has 1 saturated heterocycles. The van der Waals surface area contributed by atoms with Gasteiger partial charge in [-0.3, -0.25) is 9.80 Å². The highest BCUT2D eigenvalue weighted by Crippen LogP contribution is 2.18. The number of benzene rings is 1. The topological polar surface area (TPSA) is 56.8 Å². The summed E-state index contributed by atoms with van der Waals surface area (Å²) in [6.07, 6.45) is 0. The van der Waals surface area contributed by atoms with Gasteiger partial charge in [0, 0.05) is 44.8 Å². The molecule has 6 nitrogen and oxygen atoms in total. The van der Waals surface area contributed by atoms with Crippen LogP contribution in [0.25, 0.3) is 0 Å². The predicted molar refractivity (Wildman–Crippen MR) is 101 cm³/mol. The first kappa shape index (κ1) is 19.5. The van der Waals surface area contributed by atoms with Crippen molar-refractivity contribution in [3.63, 3.8) is 0 Å². The lowest BCUT2D eigenvalue weighted by molar-refractivity contribution is 0.0410. The Hall–Kier alpha value is -1.79. The summed E-state index contributed by atoms with van der Waals surface area (Å²) in [5.41, 5.74) is 1.22. The second-order valence-electron chi connectivity index (χ2n) is 7.20. The van der Waals surface area contributed by atoms with Crippen LogP contribution < -0.4 is 15.4 Å². The summed E-state index contributed by atoms with van der Waals surface area (Å²) in [7, 11) is 2.17. The molecule has 0 atom stereocenters. The number of hydrogen-bond donors (Lipinski definition) is 2. The van der Waals surface area contributed by atoms with E-state index in [4.69, 9.17) is 4.74 Å². The van der Waals surface area contributed by atoms with Crippen molar-refractivity contribution in [1.29, 1.82) is 0 Å². The van der Waals surface area contributed by atoms with Crippen LogP contribution in [0.5, 0.6) is 5.75 Å². The Labute approximate surface area is 151 Å². The molecular weight excluding hydrogens is 316 g/mol. The second-order valence-corrected chi connectivity index (χ2v) is 7.20. The molecule has 0 saturated carbocycles. The van der Waals surface area contributed by atoms with Crippen LogP contribution in [0.3, 0.4) is 0 Å². The predicted octanol–water partition coefficient (Wildman–Crippen LogP) is 1.91. The van der Waals surface area contributed by atoms with Gasteiger partial charge in [-0.1, -0.05) is 12.1 Å². The van der Waals surface area contributed by atoms with Crippen molar-refractivity contribution in [2.45, 2.75) is 32.9 Å². The van der Waals surface area contributed by atoms with Crippen LogP contribution in [0.15, 0.2) is 24.3 Å². The van der Waals surface area contributed by atoms with E-state index in [1.165, 1.54) is 0 Å². The van der Waals surface area contributed by atoms with Gasteiger partial charge in [-0.25, -0.2) is 4.79 Å². The Morgan fingerprint density at radius 1 is 1.28 bits per heavy atom. The van der Waals surface area contributed by atoms with E-state index in [0.29, 0.717) is 19.7 Å². The number of urea groups is 1. The Bertz CT molecular complexity index is 562. The van der Waals surface area contributed by atoms with E-state index in [1.54, 1.807) is 0 Å². The summed E-state index contributed by atoms with van der Waals surface area (Å²) in [6.45, 7) is 12.3. The molecule has 25 heavy (non-hydrogen) atoms. The van der Waals surface area contributed by atoms with Gasteiger partial charge in [0.1, 0.15) is 5.75 Å². The molecule has 1 aliphatic rings. The first-order valence-corrected chi connectivity index (χ1v) is 9.08. The number of carbonyl (C=O) groups is 1. The minimum absolute atomic E-state index is 0.129. The Morgan fingerprint density at radius 3 is 2.80 bits per heavy atom. The van der Waals surface area contributed by atoms with Crippen molar-refractivity contribution in [2.75, 3.05) is 46.4 Å². The SMILES string of the molecule is CCOc1cccc(CNC(=O)NCCN2CCN(C)C(C)(C)C2)c1. The third-order valence-corrected chi connectivity index (χ3v) is 4.77. The van der Waals surface area contributed by atoms with Crippen molar-refractivity contribution in [3.8, 4) is 5.75 Å². The maximum absolute atomic E-state index is 12.0. The summed E-state index contributed by atoms with van der Waals surface area (Å²) in [5.74, 6) is 0.833. The lowest BCUT2D eigenvalue weighted by Crippen LogP contribution is -2.58. The zero-order valence-corrected chi connectivity index (χ0v) is 16.0. The molecule has 2 amide bonds. The van der Waals surface area contributed by atoms with Crippen LogP contribution >= 0.6 is 0 Å². The number of rotatable bonds is 7. The highest BCUT2D eigenvalue weighted by atomic mass is 16.5. The molecule has 0 spiro atoms. The number of likely N-dealkylation sites (N-methyl/N-ethyl adjacent to an activating group) is 1. The third kappa shape index (κ3) is 6.21. The molecule has 6 heteroatoms. The van der Waals surface area contributed by atoms with Crippen molar-refractivity contribution >= 4 is 6.03 Å². The van der Waals surface area contributed by atoms with Gasteiger partial charge >= 0.3 is 6.03 Å². The number of amides is 2. The monoisotopic (exact) mass is 348 g/mol. The van der Waals surface area contributed by atoms with Gasteiger partial charge in [0.15, 0.2) is 0 Å². The molecule has 0 aliphatic carbocycles. The van der Waals surface area contributed by atoms with Crippen molar-refractivity contribution in [3.05, 3.63) is 29.8 Å². The molecule has 0 aromatic heterocycles. The summed E-state index contributed by atoms with van der Waals surface area (Å²) in [6, 6.07) is 7.67. The minimum Gasteiger partial charge on any atom is -0.494 e. The molecule has 1 heterocycles. The second kappa shape index (κ2) is 9.06. The van der Waals surface area contributed by atoms with Crippen LogP contribution in [0.4, 0.5) is 4.79 Å². The van der Waals surface area contributed by atoms with Crippen molar-refractivity contribution in [1.82, 2.24) is 20.4 Å². The number of ether oxygens (including phenoxy) is 1. The number of piperazine rings is 1. The summed E-state index contributed by atoms with van der Waals surface area (Å²) in [5, 5.41) is 5.84. The third-order valence-electron chi connectivity index (χ3n) is 4.77. The maximum Gasteiger partial charge on any atom is 0.315 e.